The van der Waals surface area contributed by atoms with Crippen LogP contribution in [-0.4, -0.2) is 48.5 Å². The van der Waals surface area contributed by atoms with Crippen LogP contribution in [0.15, 0.2) is 0 Å². The molecule has 1 N–H and O–H groups in total. The van der Waals surface area contributed by atoms with E-state index in [4.69, 9.17) is 9.84 Å². The number of nitrogens with zero attached hydrogens (tertiary/aromatic N) is 1. The molecule has 2 rings (SSSR count). The molecule has 0 aromatic rings. The van der Waals surface area contributed by atoms with E-state index < -0.39 is 0 Å². The van der Waals surface area contributed by atoms with Gasteiger partial charge in [0.15, 0.2) is 0 Å². The van der Waals surface area contributed by atoms with Gasteiger partial charge in [-0.1, -0.05) is 6.92 Å². The lowest BCUT2D eigenvalue weighted by Gasteiger charge is -2.33. The highest BCUT2D eigenvalue weighted by Crippen LogP contribution is 2.26. The van der Waals surface area contributed by atoms with Crippen molar-refractivity contribution in [1.82, 2.24) is 4.90 Å². The maximum Gasteiger partial charge on any atom is 0.0707 e. The first kappa shape index (κ1) is 9.44. The number of ether oxygens (including phenoxy) is 1. The second-order valence-electron chi connectivity index (χ2n) is 4.46. The number of rotatable bonds is 3. The third kappa shape index (κ3) is 2.22. The van der Waals surface area contributed by atoms with Crippen molar-refractivity contribution in [3.8, 4) is 0 Å². The number of fused-ring (bicyclic) bond motifs is 2. The Labute approximate surface area is 79.7 Å². The Morgan fingerprint density at radius 3 is 2.54 bits per heavy atom. The van der Waals surface area contributed by atoms with Gasteiger partial charge in [-0.15, -0.1) is 0 Å². The van der Waals surface area contributed by atoms with Crippen LogP contribution in [0.25, 0.3) is 0 Å². The number of aliphatic hydroxyl groups is 1. The van der Waals surface area contributed by atoms with Crippen molar-refractivity contribution < 1.29 is 9.84 Å². The summed E-state index contributed by atoms with van der Waals surface area (Å²) >= 11 is 0. The van der Waals surface area contributed by atoms with Crippen molar-refractivity contribution in [2.24, 2.45) is 5.92 Å². The number of likely N-dealkylation sites (tertiary alicyclic amines) is 1. The molecule has 2 bridgehead atoms. The molecule has 3 unspecified atom stereocenters. The molecule has 3 heteroatoms. The predicted octanol–water partition coefficient (Wildman–Crippen LogP) is 0.478. The quantitative estimate of drug-likeness (QED) is 0.694. The van der Waals surface area contributed by atoms with Gasteiger partial charge in [-0.3, -0.25) is 4.90 Å². The van der Waals surface area contributed by atoms with Crippen molar-refractivity contribution >= 4 is 0 Å². The highest BCUT2D eigenvalue weighted by atomic mass is 16.5. The van der Waals surface area contributed by atoms with Crippen molar-refractivity contribution in [2.75, 3.05) is 26.2 Å². The van der Waals surface area contributed by atoms with Crippen LogP contribution in [0.1, 0.15) is 19.8 Å². The number of morpholine rings is 1. The van der Waals surface area contributed by atoms with E-state index in [9.17, 15) is 0 Å². The molecule has 0 aromatic heterocycles. The fourth-order valence-corrected chi connectivity index (χ4v) is 2.35. The molecule has 0 amide bonds. The summed E-state index contributed by atoms with van der Waals surface area (Å²) in [5.74, 6) is 0.400. The molecule has 0 radical (unpaired) electrons. The summed E-state index contributed by atoms with van der Waals surface area (Å²) < 4.78 is 5.74. The maximum absolute atomic E-state index is 8.95. The summed E-state index contributed by atoms with van der Waals surface area (Å²) in [6.45, 7) is 5.55. The fraction of sp³-hybridized carbons (Fsp3) is 1.00. The molecular formula is C10H19NO2. The predicted molar refractivity (Wildman–Crippen MR) is 50.6 cm³/mol. The summed E-state index contributed by atoms with van der Waals surface area (Å²) in [4.78, 5) is 2.44. The van der Waals surface area contributed by atoms with Gasteiger partial charge in [-0.2, -0.15) is 0 Å². The highest BCUT2D eigenvalue weighted by molar-refractivity contribution is 4.85. The van der Waals surface area contributed by atoms with Gasteiger partial charge >= 0.3 is 0 Å². The fourth-order valence-electron chi connectivity index (χ4n) is 2.35. The average molecular weight is 185 g/mol. The third-order valence-corrected chi connectivity index (χ3v) is 3.00. The van der Waals surface area contributed by atoms with Gasteiger partial charge in [0.05, 0.1) is 12.2 Å². The zero-order valence-electron chi connectivity index (χ0n) is 8.28. The molecule has 2 saturated heterocycles. The first-order chi connectivity index (χ1) is 6.28. The topological polar surface area (TPSA) is 32.7 Å². The van der Waals surface area contributed by atoms with Gasteiger partial charge in [0.2, 0.25) is 0 Å². The second-order valence-corrected chi connectivity index (χ2v) is 4.46. The van der Waals surface area contributed by atoms with E-state index in [1.807, 2.05) is 0 Å². The first-order valence-corrected chi connectivity index (χ1v) is 5.26. The van der Waals surface area contributed by atoms with Crippen LogP contribution in [0.2, 0.25) is 0 Å². The Hall–Kier alpha value is -0.120. The van der Waals surface area contributed by atoms with E-state index in [1.165, 1.54) is 12.8 Å². The zero-order valence-corrected chi connectivity index (χ0v) is 8.28. The molecule has 0 saturated carbocycles. The molecule has 3 atom stereocenters. The number of hydrogen-bond acceptors (Lipinski definition) is 3. The van der Waals surface area contributed by atoms with Gasteiger partial charge in [-0.05, 0) is 18.8 Å². The largest absolute Gasteiger partial charge is 0.396 e. The van der Waals surface area contributed by atoms with Gasteiger partial charge in [-0.25, -0.2) is 0 Å². The Balaban J connectivity index is 1.81. The molecule has 2 fully saturated rings. The summed E-state index contributed by atoms with van der Waals surface area (Å²) in [7, 11) is 0. The standard InChI is InChI=1S/C10H19NO2/c1-8(7-12)4-11-5-9-2-3-10(6-11)13-9/h8-10,12H,2-7H2,1H3. The lowest BCUT2D eigenvalue weighted by Crippen LogP contribution is -2.44. The number of hydrogen-bond donors (Lipinski definition) is 1. The minimum Gasteiger partial charge on any atom is -0.396 e. The van der Waals surface area contributed by atoms with Crippen LogP contribution in [0.3, 0.4) is 0 Å². The molecular weight excluding hydrogens is 166 g/mol. The normalized spacial score (nSPS) is 36.5. The van der Waals surface area contributed by atoms with E-state index >= 15 is 0 Å². The molecule has 2 aliphatic heterocycles. The monoisotopic (exact) mass is 185 g/mol. The number of aliphatic hydroxyl groups excluding tert-OH is 1. The minimum atomic E-state index is 0.298. The minimum absolute atomic E-state index is 0.298. The summed E-state index contributed by atoms with van der Waals surface area (Å²) in [5.41, 5.74) is 0. The maximum atomic E-state index is 8.95. The van der Waals surface area contributed by atoms with Crippen molar-refractivity contribution in [3.63, 3.8) is 0 Å². The van der Waals surface area contributed by atoms with Crippen molar-refractivity contribution in [3.05, 3.63) is 0 Å². The van der Waals surface area contributed by atoms with Crippen LogP contribution in [-0.2, 0) is 4.74 Å². The average Bonchev–Trinajstić information content (AvgIpc) is 2.46. The molecule has 3 nitrogen and oxygen atoms in total. The Bertz CT molecular complexity index is 162. The Morgan fingerprint density at radius 1 is 1.38 bits per heavy atom. The van der Waals surface area contributed by atoms with E-state index in [-0.39, 0.29) is 0 Å². The van der Waals surface area contributed by atoms with Crippen molar-refractivity contribution in [2.45, 2.75) is 32.0 Å². The summed E-state index contributed by atoms with van der Waals surface area (Å²) in [6, 6.07) is 0. The van der Waals surface area contributed by atoms with Gasteiger partial charge < -0.3 is 9.84 Å². The lowest BCUT2D eigenvalue weighted by atomic mass is 10.1. The lowest BCUT2D eigenvalue weighted by molar-refractivity contribution is -0.0437. The van der Waals surface area contributed by atoms with Crippen LogP contribution < -0.4 is 0 Å². The highest BCUT2D eigenvalue weighted by Gasteiger charge is 2.33. The summed E-state index contributed by atoms with van der Waals surface area (Å²) in [5, 5.41) is 8.95. The van der Waals surface area contributed by atoms with Crippen LogP contribution in [0, 0.1) is 5.92 Å². The SMILES string of the molecule is CC(CO)CN1CC2CCC(C1)O2. The molecule has 2 aliphatic rings. The van der Waals surface area contributed by atoms with Crippen molar-refractivity contribution in [1.29, 1.82) is 0 Å². The van der Waals surface area contributed by atoms with Crippen LogP contribution >= 0.6 is 0 Å². The van der Waals surface area contributed by atoms with Crippen LogP contribution in [0.4, 0.5) is 0 Å². The first-order valence-electron chi connectivity index (χ1n) is 5.26. The molecule has 13 heavy (non-hydrogen) atoms. The van der Waals surface area contributed by atoms with E-state index in [2.05, 4.69) is 11.8 Å². The Kier molecular flexibility index (Phi) is 2.86. The smallest absolute Gasteiger partial charge is 0.0707 e. The third-order valence-electron chi connectivity index (χ3n) is 3.00. The molecule has 0 spiro atoms. The van der Waals surface area contributed by atoms with E-state index in [1.54, 1.807) is 0 Å². The zero-order chi connectivity index (χ0) is 9.26. The second kappa shape index (κ2) is 3.95. The Morgan fingerprint density at radius 2 is 2.00 bits per heavy atom. The molecule has 0 aromatic carbocycles. The van der Waals surface area contributed by atoms with E-state index in [0.717, 1.165) is 19.6 Å². The molecule has 2 heterocycles. The van der Waals surface area contributed by atoms with Gasteiger partial charge in [0.25, 0.3) is 0 Å². The molecule has 0 aliphatic carbocycles. The molecule has 76 valence electrons. The van der Waals surface area contributed by atoms with Crippen LogP contribution in [0.5, 0.6) is 0 Å². The van der Waals surface area contributed by atoms with E-state index in [0.29, 0.717) is 24.7 Å². The van der Waals surface area contributed by atoms with Gasteiger partial charge in [0, 0.05) is 26.2 Å². The van der Waals surface area contributed by atoms with Gasteiger partial charge in [0.1, 0.15) is 0 Å². The summed E-state index contributed by atoms with van der Waals surface area (Å²) in [6.07, 6.45) is 3.41.